The SMILES string of the molecule is CSc1nc(C)cc([B-](F)(F)F)n1. The van der Waals surface area contributed by atoms with Crippen molar-refractivity contribution in [3.05, 3.63) is 11.8 Å². The highest BCUT2D eigenvalue weighted by Crippen LogP contribution is 2.11. The van der Waals surface area contributed by atoms with Gasteiger partial charge in [-0.25, -0.2) is 4.98 Å². The second-order valence-corrected chi connectivity index (χ2v) is 3.27. The van der Waals surface area contributed by atoms with Crippen LogP contribution in [0.2, 0.25) is 0 Å². The first-order chi connectivity index (χ1) is 5.93. The van der Waals surface area contributed by atoms with E-state index in [1.165, 1.54) is 6.92 Å². The number of aryl methyl sites for hydroxylation is 1. The molecule has 1 heterocycles. The topological polar surface area (TPSA) is 25.8 Å². The van der Waals surface area contributed by atoms with Crippen molar-refractivity contribution in [3.8, 4) is 0 Å². The third-order valence-electron chi connectivity index (χ3n) is 1.37. The molecule has 0 aliphatic carbocycles. The van der Waals surface area contributed by atoms with Gasteiger partial charge in [0.1, 0.15) is 0 Å². The quantitative estimate of drug-likeness (QED) is 0.418. The van der Waals surface area contributed by atoms with Crippen LogP contribution in [0, 0.1) is 6.92 Å². The summed E-state index contributed by atoms with van der Waals surface area (Å²) in [5.41, 5.74) is -0.481. The molecular weight excluding hydrogens is 200 g/mol. The predicted octanol–water partition coefficient (Wildman–Crippen LogP) is 1.56. The zero-order chi connectivity index (χ0) is 10.1. The van der Waals surface area contributed by atoms with E-state index in [0.29, 0.717) is 5.69 Å². The lowest BCUT2D eigenvalue weighted by molar-refractivity contribution is 0.497. The van der Waals surface area contributed by atoms with Gasteiger partial charge < -0.3 is 12.9 Å². The molecule has 0 fully saturated rings. The second kappa shape index (κ2) is 3.57. The van der Waals surface area contributed by atoms with Gasteiger partial charge in [0.2, 0.25) is 0 Å². The largest absolute Gasteiger partial charge is 0.527 e. The van der Waals surface area contributed by atoms with Crippen LogP contribution < -0.4 is 5.59 Å². The van der Waals surface area contributed by atoms with Crippen molar-refractivity contribution in [1.29, 1.82) is 0 Å². The molecule has 0 saturated carbocycles. The Hall–Kier alpha value is -0.715. The Labute approximate surface area is 78.0 Å². The van der Waals surface area contributed by atoms with E-state index < -0.39 is 12.6 Å². The van der Waals surface area contributed by atoms with Crippen LogP contribution in [0.4, 0.5) is 12.9 Å². The monoisotopic (exact) mass is 207 g/mol. The Morgan fingerprint density at radius 2 is 1.92 bits per heavy atom. The first kappa shape index (κ1) is 10.4. The number of halogens is 3. The van der Waals surface area contributed by atoms with E-state index >= 15 is 0 Å². The van der Waals surface area contributed by atoms with E-state index in [4.69, 9.17) is 0 Å². The van der Waals surface area contributed by atoms with E-state index in [2.05, 4.69) is 9.97 Å². The minimum atomic E-state index is -5.01. The van der Waals surface area contributed by atoms with Crippen LogP contribution in [0.15, 0.2) is 11.2 Å². The lowest BCUT2D eigenvalue weighted by atomic mass is 9.85. The highest BCUT2D eigenvalue weighted by Gasteiger charge is 2.28. The summed E-state index contributed by atoms with van der Waals surface area (Å²) in [5, 5.41) is 0.161. The summed E-state index contributed by atoms with van der Waals surface area (Å²) < 4.78 is 36.7. The maximum absolute atomic E-state index is 12.2. The lowest BCUT2D eigenvalue weighted by Crippen LogP contribution is -2.37. The summed E-state index contributed by atoms with van der Waals surface area (Å²) in [5.74, 6) is 0. The van der Waals surface area contributed by atoms with E-state index in [-0.39, 0.29) is 5.16 Å². The summed E-state index contributed by atoms with van der Waals surface area (Å²) in [6.07, 6.45) is 1.64. The maximum atomic E-state index is 12.2. The average molecular weight is 207 g/mol. The van der Waals surface area contributed by atoms with Crippen molar-refractivity contribution in [3.63, 3.8) is 0 Å². The van der Waals surface area contributed by atoms with Gasteiger partial charge in [-0.1, -0.05) is 11.8 Å². The van der Waals surface area contributed by atoms with Crippen LogP contribution in [-0.4, -0.2) is 23.2 Å². The van der Waals surface area contributed by atoms with Gasteiger partial charge in [-0.05, 0) is 24.8 Å². The molecule has 1 rings (SSSR count). The number of thioether (sulfide) groups is 1. The van der Waals surface area contributed by atoms with Gasteiger partial charge in [0.15, 0.2) is 5.16 Å². The van der Waals surface area contributed by atoms with Gasteiger partial charge in [-0.2, -0.15) is 0 Å². The number of hydrogen-bond acceptors (Lipinski definition) is 3. The van der Waals surface area contributed by atoms with Gasteiger partial charge in [0.25, 0.3) is 0 Å². The first-order valence-electron chi connectivity index (χ1n) is 3.53. The molecule has 2 nitrogen and oxygen atoms in total. The normalized spacial score (nSPS) is 11.8. The third kappa shape index (κ3) is 2.62. The number of rotatable bonds is 2. The fourth-order valence-corrected chi connectivity index (χ4v) is 1.26. The summed E-state index contributed by atoms with van der Waals surface area (Å²) in [4.78, 5) is 7.21. The van der Waals surface area contributed by atoms with Crippen molar-refractivity contribution in [1.82, 2.24) is 9.97 Å². The molecule has 7 heteroatoms. The zero-order valence-corrected chi connectivity index (χ0v) is 7.91. The molecule has 0 aromatic carbocycles. The Balaban J connectivity index is 3.16. The molecule has 0 atom stereocenters. The number of hydrogen-bond donors (Lipinski definition) is 0. The number of aromatic nitrogens is 2. The Morgan fingerprint density at radius 1 is 1.31 bits per heavy atom. The molecule has 72 valence electrons. The molecule has 0 bridgehead atoms. The van der Waals surface area contributed by atoms with Crippen molar-refractivity contribution in [2.75, 3.05) is 6.26 Å². The second-order valence-electron chi connectivity index (χ2n) is 2.50. The lowest BCUT2D eigenvalue weighted by Gasteiger charge is -2.14. The minimum absolute atomic E-state index is 0.161. The first-order valence-corrected chi connectivity index (χ1v) is 4.75. The Kier molecular flexibility index (Phi) is 2.85. The van der Waals surface area contributed by atoms with Crippen LogP contribution in [0.5, 0.6) is 0 Å². The molecule has 13 heavy (non-hydrogen) atoms. The number of nitrogens with zero attached hydrogens (tertiary/aromatic N) is 2. The van der Waals surface area contributed by atoms with Gasteiger partial charge in [-0.15, -0.1) is 0 Å². The molecule has 0 unspecified atom stereocenters. The molecule has 0 aliphatic heterocycles. The van der Waals surface area contributed by atoms with Crippen LogP contribution in [0.1, 0.15) is 5.69 Å². The van der Waals surface area contributed by atoms with E-state index in [9.17, 15) is 12.9 Å². The predicted molar refractivity (Wildman–Crippen MR) is 47.3 cm³/mol. The van der Waals surface area contributed by atoms with Crippen LogP contribution in [0.25, 0.3) is 0 Å². The maximum Gasteiger partial charge on any atom is 0.527 e. The van der Waals surface area contributed by atoms with Crippen LogP contribution in [0.3, 0.4) is 0 Å². The molecule has 0 N–H and O–H groups in total. The Morgan fingerprint density at radius 3 is 2.38 bits per heavy atom. The summed E-state index contributed by atoms with van der Waals surface area (Å²) in [6, 6.07) is 0.958. The van der Waals surface area contributed by atoms with Crippen molar-refractivity contribution in [2.24, 2.45) is 0 Å². The highest BCUT2D eigenvalue weighted by molar-refractivity contribution is 7.98. The molecule has 1 aromatic heterocycles. The molecule has 0 saturated heterocycles. The highest BCUT2D eigenvalue weighted by atomic mass is 32.2. The summed E-state index contributed by atoms with van der Waals surface area (Å²) in [7, 11) is 0. The smallest absolute Gasteiger partial charge is 0.444 e. The minimum Gasteiger partial charge on any atom is -0.444 e. The third-order valence-corrected chi connectivity index (χ3v) is 1.92. The summed E-state index contributed by atoms with van der Waals surface area (Å²) >= 11 is 1.10. The van der Waals surface area contributed by atoms with Gasteiger partial charge in [0, 0.05) is 5.69 Å². The van der Waals surface area contributed by atoms with E-state index in [0.717, 1.165) is 17.8 Å². The van der Waals surface area contributed by atoms with Crippen molar-refractivity contribution < 1.29 is 12.9 Å². The molecule has 0 amide bonds. The molecule has 0 radical (unpaired) electrons. The molecular formula is C6H7BF3N2S-. The van der Waals surface area contributed by atoms with Crippen molar-refractivity contribution in [2.45, 2.75) is 12.1 Å². The summed E-state index contributed by atoms with van der Waals surface area (Å²) in [6.45, 7) is -3.49. The van der Waals surface area contributed by atoms with Gasteiger partial charge in [0.05, 0.1) is 0 Å². The standard InChI is InChI=1S/C6H7BF3N2S/c1-4-3-5(7(8,9)10)12-6(11-4)13-2/h3H,1-2H3/q-1. The van der Waals surface area contributed by atoms with E-state index in [1.807, 2.05) is 0 Å². The van der Waals surface area contributed by atoms with Crippen molar-refractivity contribution >= 4 is 24.3 Å². The molecule has 0 aliphatic rings. The molecule has 0 spiro atoms. The molecule has 1 aromatic rings. The fraction of sp³-hybridized carbons (Fsp3) is 0.333. The zero-order valence-electron chi connectivity index (χ0n) is 7.09. The average Bonchev–Trinajstić information content (AvgIpc) is 2.01. The van der Waals surface area contributed by atoms with Crippen LogP contribution in [-0.2, 0) is 0 Å². The van der Waals surface area contributed by atoms with Gasteiger partial charge in [-0.3, -0.25) is 4.98 Å². The van der Waals surface area contributed by atoms with Crippen LogP contribution >= 0.6 is 11.8 Å². The van der Waals surface area contributed by atoms with Gasteiger partial charge >= 0.3 is 6.98 Å². The van der Waals surface area contributed by atoms with E-state index in [1.54, 1.807) is 6.26 Å². The Bertz CT molecular complexity index is 315. The fourth-order valence-electron chi connectivity index (χ4n) is 0.824.